The van der Waals surface area contributed by atoms with Crippen LogP contribution in [0.4, 0.5) is 0 Å². The molecule has 1 heterocycles. The molecule has 2 N–H and O–H groups in total. The first kappa shape index (κ1) is 9.44. The molecule has 1 saturated carbocycles. The largest absolute Gasteiger partial charge is 0.394 e. The standard InChI is InChI=1S/C10H19NO2/c12-7-10(5-6-13-8-10)11-9-3-1-2-4-9/h9,11-12H,1-8H2. The summed E-state index contributed by atoms with van der Waals surface area (Å²) in [7, 11) is 0. The molecule has 1 atom stereocenters. The second-order valence-electron chi connectivity index (χ2n) is 4.37. The van der Waals surface area contributed by atoms with E-state index in [0.717, 1.165) is 13.0 Å². The lowest BCUT2D eigenvalue weighted by Crippen LogP contribution is -2.53. The molecule has 13 heavy (non-hydrogen) atoms. The first-order valence-electron chi connectivity index (χ1n) is 5.31. The van der Waals surface area contributed by atoms with Gasteiger partial charge in [-0.2, -0.15) is 0 Å². The maximum Gasteiger partial charge on any atom is 0.0675 e. The molecular weight excluding hydrogens is 166 g/mol. The van der Waals surface area contributed by atoms with Gasteiger partial charge in [0.05, 0.1) is 18.8 Å². The van der Waals surface area contributed by atoms with Crippen molar-refractivity contribution in [3.8, 4) is 0 Å². The van der Waals surface area contributed by atoms with Gasteiger partial charge < -0.3 is 15.2 Å². The van der Waals surface area contributed by atoms with E-state index in [-0.39, 0.29) is 12.1 Å². The molecule has 1 unspecified atom stereocenters. The van der Waals surface area contributed by atoms with E-state index in [1.54, 1.807) is 0 Å². The number of aliphatic hydroxyl groups excluding tert-OH is 1. The maximum atomic E-state index is 9.33. The van der Waals surface area contributed by atoms with Crippen LogP contribution >= 0.6 is 0 Å². The van der Waals surface area contributed by atoms with E-state index in [1.807, 2.05) is 0 Å². The van der Waals surface area contributed by atoms with E-state index in [9.17, 15) is 5.11 Å². The Morgan fingerprint density at radius 2 is 2.15 bits per heavy atom. The van der Waals surface area contributed by atoms with Crippen LogP contribution in [0.3, 0.4) is 0 Å². The van der Waals surface area contributed by atoms with Crippen LogP contribution in [0.5, 0.6) is 0 Å². The molecule has 1 aliphatic heterocycles. The highest BCUT2D eigenvalue weighted by Crippen LogP contribution is 2.24. The third-order valence-corrected chi connectivity index (χ3v) is 3.27. The molecule has 1 aliphatic carbocycles. The van der Waals surface area contributed by atoms with E-state index in [1.165, 1.54) is 25.7 Å². The highest BCUT2D eigenvalue weighted by Gasteiger charge is 2.36. The number of hydrogen-bond acceptors (Lipinski definition) is 3. The van der Waals surface area contributed by atoms with Gasteiger partial charge in [0, 0.05) is 12.6 Å². The Bertz CT molecular complexity index is 160. The lowest BCUT2D eigenvalue weighted by Gasteiger charge is -2.30. The summed E-state index contributed by atoms with van der Waals surface area (Å²) < 4.78 is 5.34. The van der Waals surface area contributed by atoms with Crippen LogP contribution in [0.15, 0.2) is 0 Å². The molecule has 0 spiro atoms. The first-order chi connectivity index (χ1) is 6.35. The molecular formula is C10H19NO2. The van der Waals surface area contributed by atoms with E-state index in [2.05, 4.69) is 5.32 Å². The smallest absolute Gasteiger partial charge is 0.0675 e. The van der Waals surface area contributed by atoms with Crippen LogP contribution in [-0.2, 0) is 4.74 Å². The summed E-state index contributed by atoms with van der Waals surface area (Å²) in [5.74, 6) is 0. The van der Waals surface area contributed by atoms with Gasteiger partial charge in [0.1, 0.15) is 0 Å². The van der Waals surface area contributed by atoms with Crippen molar-refractivity contribution in [2.24, 2.45) is 0 Å². The molecule has 0 aromatic heterocycles. The van der Waals surface area contributed by atoms with Crippen molar-refractivity contribution in [2.75, 3.05) is 19.8 Å². The van der Waals surface area contributed by atoms with Crippen LogP contribution in [0.2, 0.25) is 0 Å². The fourth-order valence-corrected chi connectivity index (χ4v) is 2.39. The van der Waals surface area contributed by atoms with Crippen molar-refractivity contribution in [1.82, 2.24) is 5.32 Å². The molecule has 0 radical (unpaired) electrons. The van der Waals surface area contributed by atoms with Gasteiger partial charge in [0.2, 0.25) is 0 Å². The van der Waals surface area contributed by atoms with Gasteiger partial charge in [-0.3, -0.25) is 0 Å². The molecule has 0 aromatic carbocycles. The number of aliphatic hydroxyl groups is 1. The van der Waals surface area contributed by atoms with Crippen LogP contribution in [0.1, 0.15) is 32.1 Å². The fourth-order valence-electron chi connectivity index (χ4n) is 2.39. The topological polar surface area (TPSA) is 41.5 Å². The van der Waals surface area contributed by atoms with Gasteiger partial charge in [-0.05, 0) is 19.3 Å². The number of rotatable bonds is 3. The van der Waals surface area contributed by atoms with Crippen molar-refractivity contribution in [3.63, 3.8) is 0 Å². The summed E-state index contributed by atoms with van der Waals surface area (Å²) in [4.78, 5) is 0. The van der Waals surface area contributed by atoms with Gasteiger partial charge in [-0.1, -0.05) is 12.8 Å². The molecule has 1 saturated heterocycles. The minimum Gasteiger partial charge on any atom is -0.394 e. The Balaban J connectivity index is 1.88. The Labute approximate surface area is 79.5 Å². The summed E-state index contributed by atoms with van der Waals surface area (Å²) >= 11 is 0. The summed E-state index contributed by atoms with van der Waals surface area (Å²) in [6.07, 6.45) is 6.16. The number of nitrogens with one attached hydrogen (secondary N) is 1. The summed E-state index contributed by atoms with van der Waals surface area (Å²) in [6.45, 7) is 1.68. The molecule has 0 bridgehead atoms. The van der Waals surface area contributed by atoms with Crippen molar-refractivity contribution >= 4 is 0 Å². The third kappa shape index (κ3) is 2.03. The minimum atomic E-state index is -0.116. The molecule has 76 valence electrons. The lowest BCUT2D eigenvalue weighted by molar-refractivity contribution is 0.113. The predicted octanol–water partition coefficient (Wildman–Crippen LogP) is 0.670. The van der Waals surface area contributed by atoms with Crippen LogP contribution in [0.25, 0.3) is 0 Å². The molecule has 0 aromatic rings. The van der Waals surface area contributed by atoms with Crippen molar-refractivity contribution in [1.29, 1.82) is 0 Å². The molecule has 2 aliphatic rings. The third-order valence-electron chi connectivity index (χ3n) is 3.27. The van der Waals surface area contributed by atoms with Gasteiger partial charge in [-0.25, -0.2) is 0 Å². The van der Waals surface area contributed by atoms with Crippen LogP contribution in [-0.4, -0.2) is 36.5 Å². The highest BCUT2D eigenvalue weighted by molar-refractivity contribution is 4.94. The van der Waals surface area contributed by atoms with Gasteiger partial charge in [0.25, 0.3) is 0 Å². The zero-order chi connectivity index (χ0) is 9.15. The van der Waals surface area contributed by atoms with Crippen LogP contribution in [0, 0.1) is 0 Å². The summed E-state index contributed by atoms with van der Waals surface area (Å²) in [5, 5.41) is 12.9. The van der Waals surface area contributed by atoms with Gasteiger partial charge in [0.15, 0.2) is 0 Å². The normalized spacial score (nSPS) is 35.8. The van der Waals surface area contributed by atoms with Gasteiger partial charge in [-0.15, -0.1) is 0 Å². The van der Waals surface area contributed by atoms with E-state index >= 15 is 0 Å². The van der Waals surface area contributed by atoms with Crippen LogP contribution < -0.4 is 5.32 Å². The quantitative estimate of drug-likeness (QED) is 0.679. The van der Waals surface area contributed by atoms with Crippen molar-refractivity contribution in [2.45, 2.75) is 43.7 Å². The monoisotopic (exact) mass is 185 g/mol. The second-order valence-corrected chi connectivity index (χ2v) is 4.37. The van der Waals surface area contributed by atoms with E-state index < -0.39 is 0 Å². The first-order valence-corrected chi connectivity index (χ1v) is 5.31. The lowest BCUT2D eigenvalue weighted by atomic mass is 9.98. The summed E-state index contributed by atoms with van der Waals surface area (Å²) in [6, 6.07) is 0.619. The van der Waals surface area contributed by atoms with E-state index in [4.69, 9.17) is 4.74 Å². The zero-order valence-electron chi connectivity index (χ0n) is 8.09. The fraction of sp³-hybridized carbons (Fsp3) is 1.00. The Kier molecular flexibility index (Phi) is 2.86. The molecule has 2 fully saturated rings. The molecule has 3 nitrogen and oxygen atoms in total. The second kappa shape index (κ2) is 3.95. The van der Waals surface area contributed by atoms with Gasteiger partial charge >= 0.3 is 0 Å². The Morgan fingerprint density at radius 1 is 1.38 bits per heavy atom. The molecule has 0 amide bonds. The molecule has 2 rings (SSSR count). The predicted molar refractivity (Wildman–Crippen MR) is 50.6 cm³/mol. The molecule has 3 heteroatoms. The minimum absolute atomic E-state index is 0.116. The van der Waals surface area contributed by atoms with E-state index in [0.29, 0.717) is 12.6 Å². The number of hydrogen-bond donors (Lipinski definition) is 2. The highest BCUT2D eigenvalue weighted by atomic mass is 16.5. The summed E-state index contributed by atoms with van der Waals surface area (Å²) in [5.41, 5.74) is -0.116. The maximum absolute atomic E-state index is 9.33. The average Bonchev–Trinajstić information content (AvgIpc) is 2.77. The van der Waals surface area contributed by atoms with Crippen molar-refractivity contribution in [3.05, 3.63) is 0 Å². The SMILES string of the molecule is OCC1(NC2CCCC2)CCOC1. The Morgan fingerprint density at radius 3 is 2.69 bits per heavy atom. The Hall–Kier alpha value is -0.120. The average molecular weight is 185 g/mol. The zero-order valence-corrected chi connectivity index (χ0v) is 8.09. The number of ether oxygens (including phenoxy) is 1. The van der Waals surface area contributed by atoms with Crippen molar-refractivity contribution < 1.29 is 9.84 Å².